The minimum atomic E-state index is -1.11. The molecule has 3 aromatic rings. The third-order valence-corrected chi connectivity index (χ3v) is 5.84. The molecule has 0 bridgehead atoms. The summed E-state index contributed by atoms with van der Waals surface area (Å²) in [6, 6.07) is 8.44. The van der Waals surface area contributed by atoms with Gasteiger partial charge in [-0.25, -0.2) is 14.8 Å². The molecule has 2 atom stereocenters. The van der Waals surface area contributed by atoms with Crippen LogP contribution >= 0.6 is 11.6 Å². The van der Waals surface area contributed by atoms with Gasteiger partial charge in [-0.05, 0) is 49.4 Å². The molecule has 1 fully saturated rings. The summed E-state index contributed by atoms with van der Waals surface area (Å²) in [5.41, 5.74) is 7.20. The van der Waals surface area contributed by atoms with Gasteiger partial charge < -0.3 is 21.1 Å². The third-order valence-electron chi connectivity index (χ3n) is 5.59. The molecule has 5 N–H and O–H groups in total. The second-order valence-corrected chi connectivity index (χ2v) is 8.01. The number of H-pyrrole nitrogens is 1. The van der Waals surface area contributed by atoms with E-state index in [1.54, 1.807) is 29.4 Å². The Labute approximate surface area is 179 Å². The molecule has 0 saturated carbocycles. The molecule has 2 aromatic heterocycles. The lowest BCUT2D eigenvalue weighted by Gasteiger charge is -2.43. The average Bonchev–Trinajstić information content (AvgIpc) is 3.22. The molecule has 1 aliphatic rings. The second-order valence-electron chi connectivity index (χ2n) is 7.57. The van der Waals surface area contributed by atoms with Gasteiger partial charge >= 0.3 is 6.03 Å². The Balaban J connectivity index is 1.60. The van der Waals surface area contributed by atoms with Crippen molar-refractivity contribution in [2.75, 3.05) is 13.2 Å². The Bertz CT molecular complexity index is 1020. The lowest BCUT2D eigenvalue weighted by Crippen LogP contribution is -2.61. The molecule has 1 saturated heterocycles. The molecule has 1 aliphatic heterocycles. The number of piperidine rings is 1. The van der Waals surface area contributed by atoms with Crippen LogP contribution in [0.5, 0.6) is 0 Å². The van der Waals surface area contributed by atoms with Gasteiger partial charge in [0.05, 0.1) is 6.04 Å². The fraction of sp³-hybridized carbons (Fsp3) is 0.381. The van der Waals surface area contributed by atoms with Crippen LogP contribution in [-0.4, -0.2) is 44.1 Å². The Hall–Kier alpha value is -2.68. The van der Waals surface area contributed by atoms with Crippen molar-refractivity contribution < 1.29 is 9.90 Å². The normalized spacial score (nSPS) is 20.3. The highest BCUT2D eigenvalue weighted by atomic mass is 35.5. The molecule has 8 nitrogen and oxygen atoms in total. The molecule has 1 unspecified atom stereocenters. The van der Waals surface area contributed by atoms with E-state index in [-0.39, 0.29) is 18.7 Å². The van der Waals surface area contributed by atoms with Crippen LogP contribution in [0, 0.1) is 0 Å². The molecule has 158 valence electrons. The lowest BCUT2D eigenvalue weighted by atomic mass is 9.95. The van der Waals surface area contributed by atoms with Crippen molar-refractivity contribution in [3.05, 3.63) is 59.1 Å². The van der Waals surface area contributed by atoms with E-state index in [1.165, 1.54) is 0 Å². The molecule has 0 spiro atoms. The van der Waals surface area contributed by atoms with E-state index < -0.39 is 5.66 Å². The van der Waals surface area contributed by atoms with Gasteiger partial charge in [0.15, 0.2) is 11.5 Å². The van der Waals surface area contributed by atoms with Crippen LogP contribution in [0.3, 0.4) is 0 Å². The van der Waals surface area contributed by atoms with Crippen LogP contribution in [0.15, 0.2) is 42.7 Å². The van der Waals surface area contributed by atoms with Crippen molar-refractivity contribution in [3.8, 4) is 0 Å². The van der Waals surface area contributed by atoms with Crippen molar-refractivity contribution in [1.82, 2.24) is 25.2 Å². The van der Waals surface area contributed by atoms with Crippen molar-refractivity contribution >= 4 is 28.7 Å². The third kappa shape index (κ3) is 3.98. The molecule has 3 heterocycles. The fourth-order valence-electron chi connectivity index (χ4n) is 3.94. The summed E-state index contributed by atoms with van der Waals surface area (Å²) in [6.07, 6.45) is 6.19. The number of nitrogens with one attached hydrogen (secondary N) is 2. The summed E-state index contributed by atoms with van der Waals surface area (Å²) in [7, 11) is 0. The number of hydrogen-bond acceptors (Lipinski definition) is 5. The number of aliphatic hydroxyl groups excluding tert-OH is 1. The molecule has 0 aliphatic carbocycles. The van der Waals surface area contributed by atoms with Crippen molar-refractivity contribution in [3.63, 3.8) is 0 Å². The number of rotatable bonds is 5. The number of carbonyl (C=O) groups excluding carboxylic acids is 1. The van der Waals surface area contributed by atoms with E-state index in [4.69, 9.17) is 17.3 Å². The first-order valence-electron chi connectivity index (χ1n) is 10.1. The van der Waals surface area contributed by atoms with Gasteiger partial charge in [0.25, 0.3) is 0 Å². The monoisotopic (exact) mass is 428 g/mol. The van der Waals surface area contributed by atoms with E-state index in [0.717, 1.165) is 23.8 Å². The topological polar surface area (TPSA) is 120 Å². The summed E-state index contributed by atoms with van der Waals surface area (Å²) < 4.78 is 0. The number of nitrogens with two attached hydrogens (primary N) is 1. The zero-order valence-electron chi connectivity index (χ0n) is 16.5. The SMILES string of the molecule is N[C@@]1(c2ncc3cc[nH]c3n2)CCCCN1C(=O)NC(CCO)c1ccc(Cl)cc1. The zero-order valence-corrected chi connectivity index (χ0v) is 17.3. The number of urea groups is 1. The van der Waals surface area contributed by atoms with Crippen LogP contribution < -0.4 is 11.1 Å². The lowest BCUT2D eigenvalue weighted by molar-refractivity contribution is 0.0695. The van der Waals surface area contributed by atoms with E-state index in [1.807, 2.05) is 18.2 Å². The maximum Gasteiger partial charge on any atom is 0.319 e. The average molecular weight is 429 g/mol. The highest BCUT2D eigenvalue weighted by Gasteiger charge is 2.43. The number of aromatic amines is 1. The molecule has 2 amide bonds. The smallest absolute Gasteiger partial charge is 0.319 e. The van der Waals surface area contributed by atoms with Gasteiger partial charge in [0, 0.05) is 36.0 Å². The number of aliphatic hydroxyl groups is 1. The number of benzene rings is 1. The molecule has 30 heavy (non-hydrogen) atoms. The van der Waals surface area contributed by atoms with Crippen LogP contribution in [0.4, 0.5) is 4.79 Å². The number of likely N-dealkylation sites (tertiary alicyclic amines) is 1. The zero-order chi connectivity index (χ0) is 21.1. The van der Waals surface area contributed by atoms with Gasteiger partial charge in [0.1, 0.15) is 5.65 Å². The quantitative estimate of drug-likeness (QED) is 0.497. The first-order chi connectivity index (χ1) is 14.5. The second kappa shape index (κ2) is 8.59. The van der Waals surface area contributed by atoms with Gasteiger partial charge in [-0.1, -0.05) is 23.7 Å². The Morgan fingerprint density at radius 2 is 2.13 bits per heavy atom. The number of carbonyl (C=O) groups is 1. The van der Waals surface area contributed by atoms with Crippen molar-refractivity contribution in [2.24, 2.45) is 5.73 Å². The Kier molecular flexibility index (Phi) is 5.90. The summed E-state index contributed by atoms with van der Waals surface area (Å²) in [5.74, 6) is 0.414. The molecule has 9 heteroatoms. The highest BCUT2D eigenvalue weighted by Crippen LogP contribution is 2.32. The minimum Gasteiger partial charge on any atom is -0.396 e. The Morgan fingerprint density at radius 3 is 2.90 bits per heavy atom. The largest absolute Gasteiger partial charge is 0.396 e. The van der Waals surface area contributed by atoms with Gasteiger partial charge in [-0.3, -0.25) is 4.90 Å². The van der Waals surface area contributed by atoms with Crippen LogP contribution in [0.1, 0.15) is 43.1 Å². The number of halogens is 1. The minimum absolute atomic E-state index is 0.0616. The summed E-state index contributed by atoms with van der Waals surface area (Å²) in [6.45, 7) is 0.439. The first-order valence-corrected chi connectivity index (χ1v) is 10.4. The van der Waals surface area contributed by atoms with E-state index >= 15 is 0 Å². The number of fused-ring (bicyclic) bond motifs is 1. The molecule has 4 rings (SSSR count). The number of nitrogens with zero attached hydrogens (tertiary/aromatic N) is 3. The van der Waals surface area contributed by atoms with Gasteiger partial charge in [-0.15, -0.1) is 0 Å². The van der Waals surface area contributed by atoms with E-state index in [2.05, 4.69) is 20.3 Å². The molecule has 1 aromatic carbocycles. The predicted octanol–water partition coefficient (Wildman–Crippen LogP) is 3.04. The van der Waals surface area contributed by atoms with E-state index in [0.29, 0.717) is 35.9 Å². The number of hydrogen-bond donors (Lipinski definition) is 4. The van der Waals surface area contributed by atoms with Crippen molar-refractivity contribution in [2.45, 2.75) is 37.4 Å². The number of aromatic nitrogens is 3. The maximum atomic E-state index is 13.3. The summed E-state index contributed by atoms with van der Waals surface area (Å²) in [5, 5.41) is 14.0. The van der Waals surface area contributed by atoms with Gasteiger partial charge in [-0.2, -0.15) is 0 Å². The summed E-state index contributed by atoms with van der Waals surface area (Å²) in [4.78, 5) is 27.0. The van der Waals surface area contributed by atoms with Crippen LogP contribution in [0.2, 0.25) is 5.02 Å². The summed E-state index contributed by atoms with van der Waals surface area (Å²) >= 11 is 5.98. The molecular formula is C21H25ClN6O2. The van der Waals surface area contributed by atoms with E-state index in [9.17, 15) is 9.90 Å². The van der Waals surface area contributed by atoms with Crippen LogP contribution in [0.25, 0.3) is 11.0 Å². The highest BCUT2D eigenvalue weighted by molar-refractivity contribution is 6.30. The standard InChI is InChI=1S/C21H25ClN6O2/c22-16-5-3-14(4-6-16)17(8-12-29)26-20(30)28-11-2-1-9-21(28,23)19-25-13-15-7-10-24-18(15)27-19/h3-7,10,13,17,29H,1-2,8-9,11-12,23H2,(H,26,30)(H,24,25,27)/t17?,21-/m0/s1. The molecular weight excluding hydrogens is 404 g/mol. The van der Waals surface area contributed by atoms with Crippen molar-refractivity contribution in [1.29, 1.82) is 0 Å². The Morgan fingerprint density at radius 1 is 1.33 bits per heavy atom. The first kappa shape index (κ1) is 20.6. The van der Waals surface area contributed by atoms with Gasteiger partial charge in [0.2, 0.25) is 0 Å². The molecule has 0 radical (unpaired) electrons. The number of amides is 2. The predicted molar refractivity (Wildman–Crippen MR) is 115 cm³/mol. The fourth-order valence-corrected chi connectivity index (χ4v) is 4.06. The van der Waals surface area contributed by atoms with Crippen LogP contribution in [-0.2, 0) is 5.66 Å². The maximum absolute atomic E-state index is 13.3.